The molecule has 2 aliphatic rings. The summed E-state index contributed by atoms with van der Waals surface area (Å²) in [6.45, 7) is 3.06. The van der Waals surface area contributed by atoms with E-state index >= 15 is 0 Å². The number of hydrogen-bond acceptors (Lipinski definition) is 20. The van der Waals surface area contributed by atoms with Crippen LogP contribution in [0.4, 0.5) is 0 Å². The fourth-order valence-electron chi connectivity index (χ4n) is 5.62. The third-order valence-electron chi connectivity index (χ3n) is 9.26. The molecule has 30 heteroatoms. The Morgan fingerprint density at radius 3 is 1.11 bits per heavy atom. The number of hydrogen-bond donors (Lipinski definition) is 6. The van der Waals surface area contributed by atoms with Crippen molar-refractivity contribution in [2.75, 3.05) is 106 Å². The predicted molar refractivity (Wildman–Crippen MR) is 290 cm³/mol. The van der Waals surface area contributed by atoms with Gasteiger partial charge in [-0.05, 0) is 99.8 Å². The van der Waals surface area contributed by atoms with E-state index in [9.17, 15) is 47.9 Å². The smallest absolute Gasteiger partial charge is 0.253 e. The highest BCUT2D eigenvalue weighted by Crippen LogP contribution is 2.11. The third-order valence-corrected chi connectivity index (χ3v) is 14.0. The maximum atomic E-state index is 11.7. The number of rotatable bonds is 39. The summed E-state index contributed by atoms with van der Waals surface area (Å²) in [7, 11) is 5.85. The molecule has 6 N–H and O–H groups in total. The molecule has 2 rings (SSSR count). The highest BCUT2D eigenvalue weighted by atomic mass is 32.7. The molecule has 0 aromatic rings. The summed E-state index contributed by atoms with van der Waals surface area (Å²) in [5, 5.41) is 16.6. The first kappa shape index (κ1) is 73.1. The van der Waals surface area contributed by atoms with Crippen molar-refractivity contribution in [1.29, 1.82) is 0 Å². The molecule has 0 fully saturated rings. The first-order valence-electron chi connectivity index (χ1n) is 21.9. The van der Waals surface area contributed by atoms with Gasteiger partial charge in [0.1, 0.15) is 13.2 Å². The molecule has 0 saturated heterocycles. The number of carbonyl (C=O) groups excluding carboxylic acids is 10. The van der Waals surface area contributed by atoms with Gasteiger partial charge in [-0.3, -0.25) is 57.7 Å². The minimum absolute atomic E-state index is 0. The molecule has 2 atom stereocenters. The second-order valence-electron chi connectivity index (χ2n) is 14.2. The Labute approximate surface area is 449 Å². The summed E-state index contributed by atoms with van der Waals surface area (Å²) in [4.78, 5) is 117. The molecule has 0 aromatic heterocycles. The highest BCUT2D eigenvalue weighted by Gasteiger charge is 2.24. The minimum atomic E-state index is -0.413. The van der Waals surface area contributed by atoms with Crippen molar-refractivity contribution in [3.05, 3.63) is 24.3 Å². The fourth-order valence-corrected chi connectivity index (χ4v) is 7.15. The third kappa shape index (κ3) is 37.5. The van der Waals surface area contributed by atoms with Gasteiger partial charge >= 0.3 is 0 Å². The van der Waals surface area contributed by atoms with E-state index in [-0.39, 0.29) is 153 Å². The Morgan fingerprint density at radius 2 is 0.806 bits per heavy atom. The molecule has 22 nitrogen and oxygen atoms in total. The lowest BCUT2D eigenvalue weighted by Gasteiger charge is -2.13. The van der Waals surface area contributed by atoms with Crippen molar-refractivity contribution < 1.29 is 66.9 Å². The van der Waals surface area contributed by atoms with Gasteiger partial charge in [0.15, 0.2) is 0 Å². The molecule has 72 heavy (non-hydrogen) atoms. The van der Waals surface area contributed by atoms with Crippen molar-refractivity contribution in [2.45, 2.75) is 78.3 Å². The van der Waals surface area contributed by atoms with Gasteiger partial charge in [0.25, 0.3) is 23.6 Å². The van der Waals surface area contributed by atoms with E-state index in [0.717, 1.165) is 49.6 Å². The van der Waals surface area contributed by atoms with E-state index in [4.69, 9.17) is 42.6 Å². The zero-order valence-corrected chi connectivity index (χ0v) is 45.9. The molecule has 2 heterocycles. The van der Waals surface area contributed by atoms with Crippen LogP contribution in [0.15, 0.2) is 24.3 Å². The van der Waals surface area contributed by atoms with Gasteiger partial charge in [-0.2, -0.15) is 0 Å². The van der Waals surface area contributed by atoms with Gasteiger partial charge in [-0.1, -0.05) is 14.9 Å². The summed E-state index contributed by atoms with van der Waals surface area (Å²) in [6, 6.07) is -0.472. The highest BCUT2D eigenvalue weighted by molar-refractivity contribution is 8.40. The van der Waals surface area contributed by atoms with Crippen LogP contribution in [0, 0.1) is 0 Å². The van der Waals surface area contributed by atoms with Gasteiger partial charge in [-0.15, -0.1) is 0 Å². The molecule has 0 spiro atoms. The Bertz CT molecular complexity index is 1660. The van der Waals surface area contributed by atoms with E-state index in [1.165, 1.54) is 24.3 Å². The van der Waals surface area contributed by atoms with E-state index in [0.29, 0.717) is 40.6 Å². The average Bonchev–Trinajstić information content (AvgIpc) is 3.86. The number of ether oxygens (including phenoxy) is 4. The SMILES string of the molecule is C.C.CNC(CCCCNC(=O)COCCOCCNC(=O)CCN1C(=O)C=CC1=O)C(=O)P=S.CNC(CCCCNC(=O)COCCOCCNC(=O)CCN1C(=O)C=CC1=O)C(=O)P=S.S=PP=S. The van der Waals surface area contributed by atoms with Crippen LogP contribution in [-0.2, 0) is 114 Å². The largest absolute Gasteiger partial charge is 0.377 e. The standard InChI is InChI=1S/2C20H31N4O7PS.2CH4.P2S2/c2*1-21-15(20(29)32-33)4-2-3-8-22-17(26)14-31-13-12-30-11-9-23-16(25)7-10-24-18(27)5-6-19(24)28;;;3-1-2-4/h2*5-6,15,21H,2-4,7-14H2,1H3,(H,22,26)(H,23,25);2*1H4;. The molecule has 2 aliphatic heterocycles. The fraction of sp³-hybridized carbons (Fsp3) is 0.667. The number of nitrogens with one attached hydrogen (secondary N) is 6. The number of carbonyl (C=O) groups is 10. The van der Waals surface area contributed by atoms with E-state index in [2.05, 4.69) is 55.5 Å². The molecule has 0 aliphatic carbocycles. The zero-order chi connectivity index (χ0) is 52.4. The Morgan fingerprint density at radius 1 is 0.486 bits per heavy atom. The summed E-state index contributed by atoms with van der Waals surface area (Å²) >= 11 is 18.3. The van der Waals surface area contributed by atoms with E-state index in [1.54, 1.807) is 14.1 Å². The van der Waals surface area contributed by atoms with Gasteiger partial charge in [0.2, 0.25) is 34.7 Å². The molecule has 406 valence electrons. The van der Waals surface area contributed by atoms with Crippen LogP contribution in [0.1, 0.15) is 66.2 Å². The van der Waals surface area contributed by atoms with Crippen LogP contribution in [-0.4, -0.2) is 186 Å². The Kier molecular flexibility index (Phi) is 49.5. The second kappa shape index (κ2) is 48.7. The number of nitrogens with zero attached hydrogens (tertiary/aromatic N) is 2. The number of imide groups is 2. The maximum Gasteiger partial charge on any atom is 0.253 e. The monoisotopic (exact) mass is 1160 g/mol. The van der Waals surface area contributed by atoms with E-state index in [1.807, 2.05) is 0 Å². The zero-order valence-electron chi connectivity index (χ0n) is 39.1. The molecular formula is C42H70N8O14P4S4. The number of likely N-dealkylation sites (N-methyl/N-ethyl adjacent to an activating group) is 2. The summed E-state index contributed by atoms with van der Waals surface area (Å²) in [5.74, 6) is -2.67. The van der Waals surface area contributed by atoms with E-state index < -0.39 is 23.6 Å². The summed E-state index contributed by atoms with van der Waals surface area (Å²) < 4.78 is 21.1. The van der Waals surface area contributed by atoms with Gasteiger partial charge < -0.3 is 50.8 Å². The van der Waals surface area contributed by atoms with Gasteiger partial charge in [0.05, 0.1) is 66.4 Å². The lowest BCUT2D eigenvalue weighted by Crippen LogP contribution is -2.35. The van der Waals surface area contributed by atoms with Crippen LogP contribution in [0.3, 0.4) is 0 Å². The van der Waals surface area contributed by atoms with Crippen molar-refractivity contribution in [3.8, 4) is 0 Å². The van der Waals surface area contributed by atoms with Crippen LogP contribution in [0.2, 0.25) is 0 Å². The van der Waals surface area contributed by atoms with Gasteiger partial charge in [-0.25, -0.2) is 0 Å². The van der Waals surface area contributed by atoms with Crippen molar-refractivity contribution in [1.82, 2.24) is 41.7 Å². The van der Waals surface area contributed by atoms with Crippen LogP contribution in [0.25, 0.3) is 0 Å². The first-order chi connectivity index (χ1) is 33.7. The molecule has 2 unspecified atom stereocenters. The molecule has 8 amide bonds. The second-order valence-corrected chi connectivity index (χ2v) is 20.8. The summed E-state index contributed by atoms with van der Waals surface area (Å²) in [6.07, 6.45) is 9.20. The number of unbranched alkanes of at least 4 members (excludes halogenated alkanes) is 2. The Balaban J connectivity index is -0.00000120. The minimum Gasteiger partial charge on any atom is -0.377 e. The normalized spacial score (nSPS) is 13.4. The Hall–Kier alpha value is -3.18. The number of amides is 8. The van der Waals surface area contributed by atoms with Crippen molar-refractivity contribution in [2.24, 2.45) is 0 Å². The molecule has 0 saturated carbocycles. The van der Waals surface area contributed by atoms with Crippen LogP contribution in [0.5, 0.6) is 0 Å². The first-order valence-corrected chi connectivity index (χ1v) is 30.2. The predicted octanol–water partition coefficient (Wildman–Crippen LogP) is 1.51. The molecule has 0 bridgehead atoms. The topological polar surface area (TPSA) is 286 Å². The van der Waals surface area contributed by atoms with Crippen LogP contribution >= 0.6 is 28.8 Å². The van der Waals surface area contributed by atoms with Crippen molar-refractivity contribution in [3.63, 3.8) is 0 Å². The van der Waals surface area contributed by atoms with Crippen LogP contribution < -0.4 is 31.9 Å². The molecule has 0 radical (unpaired) electrons. The quantitative estimate of drug-likeness (QED) is 0.0289. The average molecular weight is 1160 g/mol. The van der Waals surface area contributed by atoms with Gasteiger partial charge in [0, 0.05) is 90.5 Å². The maximum absolute atomic E-state index is 11.7. The lowest BCUT2D eigenvalue weighted by atomic mass is 10.1. The molecular weight excluding hydrogens is 1090 g/mol. The summed E-state index contributed by atoms with van der Waals surface area (Å²) in [5.41, 5.74) is -0.0274. The molecule has 0 aromatic carbocycles. The van der Waals surface area contributed by atoms with Crippen molar-refractivity contribution >= 4 is 134 Å². The lowest BCUT2D eigenvalue weighted by molar-refractivity contribution is -0.139.